The van der Waals surface area contributed by atoms with Crippen molar-refractivity contribution in [3.05, 3.63) is 43.3 Å². The number of nitrogens with zero attached hydrogens (tertiary/aromatic N) is 3. The number of hydrogen-bond acceptors (Lipinski definition) is 3. The van der Waals surface area contributed by atoms with Crippen LogP contribution in [0, 0.1) is 6.92 Å². The molecule has 16 heavy (non-hydrogen) atoms. The van der Waals surface area contributed by atoms with Crippen LogP contribution >= 0.6 is 0 Å². The molecule has 0 fully saturated rings. The minimum atomic E-state index is 0.825. The third kappa shape index (κ3) is 1.23. The molecular weight excluding hydrogens is 202 g/mol. The van der Waals surface area contributed by atoms with Crippen molar-refractivity contribution in [1.82, 2.24) is 14.8 Å². The normalized spacial score (nSPS) is 11.1. The summed E-state index contributed by atoms with van der Waals surface area (Å²) in [6, 6.07) is 5.90. The van der Waals surface area contributed by atoms with Crippen molar-refractivity contribution in [1.29, 1.82) is 0 Å². The van der Waals surface area contributed by atoms with Crippen molar-refractivity contribution in [2.75, 3.05) is 0 Å². The Bertz CT molecular complexity index is 651. The van der Waals surface area contributed by atoms with E-state index in [1.54, 1.807) is 10.9 Å². The maximum atomic E-state index is 5.35. The van der Waals surface area contributed by atoms with Gasteiger partial charge in [-0.05, 0) is 30.7 Å². The smallest absolute Gasteiger partial charge is 0.157 e. The summed E-state index contributed by atoms with van der Waals surface area (Å²) in [5.74, 6) is 0.827. The van der Waals surface area contributed by atoms with E-state index in [4.69, 9.17) is 4.42 Å². The van der Waals surface area contributed by atoms with E-state index in [0.717, 1.165) is 27.9 Å². The second kappa shape index (κ2) is 3.20. The zero-order valence-corrected chi connectivity index (χ0v) is 8.84. The van der Waals surface area contributed by atoms with Crippen LogP contribution in [0.25, 0.3) is 22.4 Å². The standard InChI is InChI=1S/C12H10N3O/c1-8-5-10(12-13-7-14-15(12)2)6-9-3-4-16-11(8)9/h3-7H,1H2,2H3. The number of furan rings is 1. The van der Waals surface area contributed by atoms with Crippen molar-refractivity contribution >= 4 is 11.0 Å². The second-order valence-electron chi connectivity index (χ2n) is 3.68. The highest BCUT2D eigenvalue weighted by molar-refractivity contribution is 5.85. The fraction of sp³-hybridized carbons (Fsp3) is 0.0833. The highest BCUT2D eigenvalue weighted by Crippen LogP contribution is 2.26. The number of benzene rings is 1. The maximum Gasteiger partial charge on any atom is 0.157 e. The van der Waals surface area contributed by atoms with Gasteiger partial charge in [0.25, 0.3) is 0 Å². The van der Waals surface area contributed by atoms with Gasteiger partial charge in [-0.15, -0.1) is 0 Å². The molecule has 3 rings (SSSR count). The Morgan fingerprint density at radius 2 is 2.25 bits per heavy atom. The van der Waals surface area contributed by atoms with Crippen LogP contribution in [0.5, 0.6) is 0 Å². The molecule has 0 bridgehead atoms. The molecular formula is C12H10N3O. The van der Waals surface area contributed by atoms with Crippen LogP contribution in [0.3, 0.4) is 0 Å². The van der Waals surface area contributed by atoms with Gasteiger partial charge in [0, 0.05) is 18.0 Å². The monoisotopic (exact) mass is 212 g/mol. The number of rotatable bonds is 1. The molecule has 4 nitrogen and oxygen atoms in total. The molecule has 79 valence electrons. The molecule has 2 heterocycles. The molecule has 2 aromatic heterocycles. The van der Waals surface area contributed by atoms with Crippen molar-refractivity contribution in [3.8, 4) is 11.4 Å². The largest absolute Gasteiger partial charge is 0.464 e. The Balaban J connectivity index is 2.29. The molecule has 1 radical (unpaired) electrons. The molecule has 0 aliphatic rings. The van der Waals surface area contributed by atoms with Gasteiger partial charge in [0.1, 0.15) is 11.9 Å². The molecule has 0 spiro atoms. The van der Waals surface area contributed by atoms with Crippen LogP contribution in [0.4, 0.5) is 0 Å². The summed E-state index contributed by atoms with van der Waals surface area (Å²) in [5, 5.41) is 5.08. The van der Waals surface area contributed by atoms with Gasteiger partial charge in [-0.25, -0.2) is 9.67 Å². The summed E-state index contributed by atoms with van der Waals surface area (Å²) in [7, 11) is 1.87. The quantitative estimate of drug-likeness (QED) is 0.622. The van der Waals surface area contributed by atoms with Crippen LogP contribution in [0.2, 0.25) is 0 Å². The highest BCUT2D eigenvalue weighted by Gasteiger charge is 2.08. The van der Waals surface area contributed by atoms with Gasteiger partial charge in [0.15, 0.2) is 5.82 Å². The Kier molecular flexibility index (Phi) is 1.83. The maximum absolute atomic E-state index is 5.35. The fourth-order valence-corrected chi connectivity index (χ4v) is 1.84. The zero-order chi connectivity index (χ0) is 11.1. The number of fused-ring (bicyclic) bond motifs is 1. The lowest BCUT2D eigenvalue weighted by Crippen LogP contribution is -1.94. The van der Waals surface area contributed by atoms with Gasteiger partial charge in [-0.2, -0.15) is 5.10 Å². The number of aryl methyl sites for hydroxylation is 1. The Hall–Kier alpha value is -2.10. The first kappa shape index (κ1) is 9.15. The summed E-state index contributed by atoms with van der Waals surface area (Å²) >= 11 is 0. The van der Waals surface area contributed by atoms with Gasteiger partial charge in [-0.1, -0.05) is 0 Å². The average Bonchev–Trinajstić information content (AvgIpc) is 2.85. The summed E-state index contributed by atoms with van der Waals surface area (Å²) in [4.78, 5) is 4.21. The fourth-order valence-electron chi connectivity index (χ4n) is 1.84. The van der Waals surface area contributed by atoms with E-state index < -0.39 is 0 Å². The van der Waals surface area contributed by atoms with E-state index in [1.807, 2.05) is 25.2 Å². The predicted molar refractivity (Wildman–Crippen MR) is 60.7 cm³/mol. The first-order chi connectivity index (χ1) is 7.75. The lowest BCUT2D eigenvalue weighted by molar-refractivity contribution is 0.614. The molecule has 0 saturated carbocycles. The lowest BCUT2D eigenvalue weighted by atomic mass is 10.1. The van der Waals surface area contributed by atoms with E-state index in [9.17, 15) is 0 Å². The van der Waals surface area contributed by atoms with E-state index in [1.165, 1.54) is 6.33 Å². The minimum absolute atomic E-state index is 0.825. The molecule has 1 aromatic carbocycles. The summed E-state index contributed by atoms with van der Waals surface area (Å²) in [6.07, 6.45) is 3.21. The third-order valence-electron chi connectivity index (χ3n) is 2.60. The highest BCUT2D eigenvalue weighted by atomic mass is 16.3. The van der Waals surface area contributed by atoms with Crippen LogP contribution in [0.15, 0.2) is 35.2 Å². The predicted octanol–water partition coefficient (Wildman–Crippen LogP) is 2.41. The molecule has 4 heteroatoms. The molecule has 0 aliphatic heterocycles. The van der Waals surface area contributed by atoms with Crippen LogP contribution in [-0.4, -0.2) is 14.8 Å². The minimum Gasteiger partial charge on any atom is -0.464 e. The molecule has 0 N–H and O–H groups in total. The molecule has 0 amide bonds. The Morgan fingerprint density at radius 3 is 3.00 bits per heavy atom. The first-order valence-corrected chi connectivity index (χ1v) is 4.93. The first-order valence-electron chi connectivity index (χ1n) is 4.93. The number of hydrogen-bond donors (Lipinski definition) is 0. The Morgan fingerprint density at radius 1 is 1.38 bits per heavy atom. The van der Waals surface area contributed by atoms with E-state index >= 15 is 0 Å². The molecule has 0 aliphatic carbocycles. The SMILES string of the molecule is [CH2]c1cc(-c2ncnn2C)cc2ccoc12. The zero-order valence-electron chi connectivity index (χ0n) is 8.84. The summed E-state index contributed by atoms with van der Waals surface area (Å²) in [5.41, 5.74) is 2.69. The van der Waals surface area contributed by atoms with Gasteiger partial charge in [-0.3, -0.25) is 0 Å². The Labute approximate surface area is 92.5 Å². The van der Waals surface area contributed by atoms with Crippen molar-refractivity contribution in [2.24, 2.45) is 7.05 Å². The van der Waals surface area contributed by atoms with E-state index in [-0.39, 0.29) is 0 Å². The lowest BCUT2D eigenvalue weighted by Gasteiger charge is -2.02. The van der Waals surface area contributed by atoms with Gasteiger partial charge < -0.3 is 4.42 Å². The van der Waals surface area contributed by atoms with Crippen molar-refractivity contribution in [2.45, 2.75) is 0 Å². The average molecular weight is 212 g/mol. The van der Waals surface area contributed by atoms with Crippen LogP contribution in [0.1, 0.15) is 5.56 Å². The summed E-state index contributed by atoms with van der Waals surface area (Å²) in [6.45, 7) is 3.97. The van der Waals surface area contributed by atoms with Gasteiger partial charge in [0.05, 0.1) is 6.26 Å². The van der Waals surface area contributed by atoms with Crippen molar-refractivity contribution in [3.63, 3.8) is 0 Å². The van der Waals surface area contributed by atoms with E-state index in [0.29, 0.717) is 0 Å². The van der Waals surface area contributed by atoms with Gasteiger partial charge >= 0.3 is 0 Å². The molecule has 0 saturated heterocycles. The van der Waals surface area contributed by atoms with Crippen LogP contribution < -0.4 is 0 Å². The molecule has 0 unspecified atom stereocenters. The topological polar surface area (TPSA) is 43.9 Å². The third-order valence-corrected chi connectivity index (χ3v) is 2.60. The molecule has 3 aromatic rings. The summed E-state index contributed by atoms with van der Waals surface area (Å²) < 4.78 is 7.08. The van der Waals surface area contributed by atoms with Gasteiger partial charge in [0.2, 0.25) is 0 Å². The second-order valence-corrected chi connectivity index (χ2v) is 3.68. The number of aromatic nitrogens is 3. The molecule has 0 atom stereocenters. The van der Waals surface area contributed by atoms with E-state index in [2.05, 4.69) is 17.0 Å². The van der Waals surface area contributed by atoms with Crippen LogP contribution in [-0.2, 0) is 7.05 Å². The van der Waals surface area contributed by atoms with Crippen molar-refractivity contribution < 1.29 is 4.42 Å².